The molecule has 0 radical (unpaired) electrons. The summed E-state index contributed by atoms with van der Waals surface area (Å²) in [6.45, 7) is 7.99. The van der Waals surface area contributed by atoms with E-state index in [0.29, 0.717) is 22.1 Å². The van der Waals surface area contributed by atoms with Crippen molar-refractivity contribution in [3.05, 3.63) is 104 Å². The number of rotatable bonds is 6. The Labute approximate surface area is 208 Å². The summed E-state index contributed by atoms with van der Waals surface area (Å²) in [4.78, 5) is 25.2. The molecule has 0 atom stereocenters. The summed E-state index contributed by atoms with van der Waals surface area (Å²) in [6.07, 6.45) is 4.30. The number of halogens is 1. The maximum absolute atomic E-state index is 12.9. The fourth-order valence-electron chi connectivity index (χ4n) is 3.62. The van der Waals surface area contributed by atoms with Gasteiger partial charge in [-0.1, -0.05) is 49.7 Å². The van der Waals surface area contributed by atoms with Crippen LogP contribution in [0.5, 0.6) is 17.2 Å². The van der Waals surface area contributed by atoms with Crippen molar-refractivity contribution < 1.29 is 18.7 Å². The zero-order valence-electron chi connectivity index (χ0n) is 19.9. The highest BCUT2D eigenvalue weighted by atomic mass is 35.5. The van der Waals surface area contributed by atoms with E-state index in [2.05, 4.69) is 13.8 Å². The quantitative estimate of drug-likeness (QED) is 0.159. The molecule has 5 nitrogen and oxygen atoms in total. The van der Waals surface area contributed by atoms with Crippen molar-refractivity contribution in [3.8, 4) is 17.2 Å². The van der Waals surface area contributed by atoms with Crippen molar-refractivity contribution in [1.29, 1.82) is 0 Å². The van der Waals surface area contributed by atoms with E-state index in [1.54, 1.807) is 30.3 Å². The van der Waals surface area contributed by atoms with E-state index in [1.807, 2.05) is 38.1 Å². The van der Waals surface area contributed by atoms with Crippen LogP contribution in [0.15, 0.2) is 76.1 Å². The first-order valence-corrected chi connectivity index (χ1v) is 11.6. The Balaban J connectivity index is 1.49. The van der Waals surface area contributed by atoms with Crippen LogP contribution >= 0.6 is 11.6 Å². The molecule has 0 spiro atoms. The van der Waals surface area contributed by atoms with Crippen LogP contribution in [0.2, 0.25) is 5.02 Å². The maximum Gasteiger partial charge on any atom is 0.336 e. The molecule has 3 aromatic carbocycles. The molecule has 0 fully saturated rings. The van der Waals surface area contributed by atoms with Gasteiger partial charge in [0.15, 0.2) is 0 Å². The summed E-state index contributed by atoms with van der Waals surface area (Å²) in [5, 5.41) is 0.967. The molecule has 1 heterocycles. The number of hydrogen-bond donors (Lipinski definition) is 0. The third-order valence-corrected chi connectivity index (χ3v) is 6.18. The Kier molecular flexibility index (Phi) is 7.08. The van der Waals surface area contributed by atoms with Crippen LogP contribution in [0.25, 0.3) is 17.0 Å². The second-order valence-corrected chi connectivity index (χ2v) is 9.01. The van der Waals surface area contributed by atoms with Gasteiger partial charge >= 0.3 is 5.97 Å². The molecular formula is C29H25ClO5. The first-order valence-electron chi connectivity index (χ1n) is 11.2. The number of carbonyl (C=O) groups is 1. The van der Waals surface area contributed by atoms with Crippen LogP contribution in [0, 0.1) is 13.8 Å². The molecule has 0 N–H and O–H groups in total. The van der Waals surface area contributed by atoms with Crippen LogP contribution in [-0.2, 0) is 4.79 Å². The molecule has 0 unspecified atom stereocenters. The average molecular weight is 489 g/mol. The van der Waals surface area contributed by atoms with E-state index in [-0.39, 0.29) is 22.5 Å². The maximum atomic E-state index is 12.9. The predicted molar refractivity (Wildman–Crippen MR) is 139 cm³/mol. The van der Waals surface area contributed by atoms with Gasteiger partial charge in [0.05, 0.1) is 5.39 Å². The predicted octanol–water partition coefficient (Wildman–Crippen LogP) is 7.60. The van der Waals surface area contributed by atoms with Crippen LogP contribution < -0.4 is 14.9 Å². The summed E-state index contributed by atoms with van der Waals surface area (Å²) < 4.78 is 16.7. The zero-order chi connectivity index (χ0) is 25.1. The lowest BCUT2D eigenvalue weighted by Gasteiger charge is -2.09. The highest BCUT2D eigenvalue weighted by Gasteiger charge is 2.12. The van der Waals surface area contributed by atoms with Gasteiger partial charge in [-0.25, -0.2) is 4.79 Å². The first kappa shape index (κ1) is 24.3. The van der Waals surface area contributed by atoms with Gasteiger partial charge in [-0.15, -0.1) is 0 Å². The molecule has 0 saturated heterocycles. The first-order chi connectivity index (χ1) is 16.7. The minimum atomic E-state index is -0.534. The number of carbonyl (C=O) groups excluding carboxylic acids is 1. The van der Waals surface area contributed by atoms with Crippen molar-refractivity contribution >= 4 is 34.6 Å². The standard InChI is InChI=1S/C29H25ClO5/c1-17(2)21-8-5-20(6-9-21)7-12-27(31)35-22-10-11-24-25(15-22)33-16-26(29(24)32)34-23-13-18(3)28(30)19(4)14-23/h5-17H,1-4H3. The Morgan fingerprint density at radius 3 is 2.31 bits per heavy atom. The number of fused-ring (bicyclic) bond motifs is 1. The third-order valence-electron chi connectivity index (χ3n) is 5.59. The molecule has 0 amide bonds. The molecule has 0 aliphatic carbocycles. The normalized spacial score (nSPS) is 11.4. The summed E-state index contributed by atoms with van der Waals surface area (Å²) in [7, 11) is 0. The second kappa shape index (κ2) is 10.2. The Hall–Kier alpha value is -3.83. The van der Waals surface area contributed by atoms with Crippen molar-refractivity contribution in [2.24, 2.45) is 0 Å². The van der Waals surface area contributed by atoms with E-state index < -0.39 is 5.97 Å². The lowest BCUT2D eigenvalue weighted by Crippen LogP contribution is -2.06. The Morgan fingerprint density at radius 1 is 0.971 bits per heavy atom. The number of ether oxygens (including phenoxy) is 2. The summed E-state index contributed by atoms with van der Waals surface area (Å²) in [5.74, 6) is 0.720. The molecule has 0 saturated carbocycles. The molecule has 1 aromatic heterocycles. The number of benzene rings is 3. The molecular weight excluding hydrogens is 464 g/mol. The van der Waals surface area contributed by atoms with Crippen molar-refractivity contribution in [2.45, 2.75) is 33.6 Å². The molecule has 35 heavy (non-hydrogen) atoms. The van der Waals surface area contributed by atoms with E-state index in [0.717, 1.165) is 16.7 Å². The van der Waals surface area contributed by atoms with Crippen molar-refractivity contribution in [2.75, 3.05) is 0 Å². The van der Waals surface area contributed by atoms with Crippen LogP contribution in [0.3, 0.4) is 0 Å². The zero-order valence-corrected chi connectivity index (χ0v) is 20.7. The summed E-state index contributed by atoms with van der Waals surface area (Å²) in [5.41, 5.74) is 3.77. The Morgan fingerprint density at radius 2 is 1.66 bits per heavy atom. The van der Waals surface area contributed by atoms with Crippen LogP contribution in [0.4, 0.5) is 0 Å². The van der Waals surface area contributed by atoms with Crippen molar-refractivity contribution in [3.63, 3.8) is 0 Å². The molecule has 4 rings (SSSR count). The van der Waals surface area contributed by atoms with E-state index in [9.17, 15) is 9.59 Å². The fourth-order valence-corrected chi connectivity index (χ4v) is 3.73. The topological polar surface area (TPSA) is 65.7 Å². The van der Waals surface area contributed by atoms with Crippen LogP contribution in [0.1, 0.15) is 42.0 Å². The van der Waals surface area contributed by atoms with Crippen molar-refractivity contribution in [1.82, 2.24) is 0 Å². The van der Waals surface area contributed by atoms with E-state index in [1.165, 1.54) is 24.0 Å². The number of esters is 1. The number of aryl methyl sites for hydroxylation is 2. The number of hydrogen-bond acceptors (Lipinski definition) is 5. The smallest absolute Gasteiger partial charge is 0.336 e. The van der Waals surface area contributed by atoms with E-state index in [4.69, 9.17) is 25.5 Å². The van der Waals surface area contributed by atoms with Gasteiger partial charge in [-0.05, 0) is 72.4 Å². The highest BCUT2D eigenvalue weighted by molar-refractivity contribution is 6.32. The molecule has 178 valence electrons. The second-order valence-electron chi connectivity index (χ2n) is 8.64. The monoisotopic (exact) mass is 488 g/mol. The van der Waals surface area contributed by atoms with Gasteiger partial charge in [-0.2, -0.15) is 0 Å². The molecule has 0 bridgehead atoms. The average Bonchev–Trinajstić information content (AvgIpc) is 2.83. The highest BCUT2D eigenvalue weighted by Crippen LogP contribution is 2.29. The van der Waals surface area contributed by atoms with Crippen LogP contribution in [-0.4, -0.2) is 5.97 Å². The molecule has 0 aliphatic rings. The van der Waals surface area contributed by atoms with Gasteiger partial charge in [0, 0.05) is 17.2 Å². The molecule has 4 aromatic rings. The van der Waals surface area contributed by atoms with Gasteiger partial charge in [0.2, 0.25) is 11.2 Å². The summed E-state index contributed by atoms with van der Waals surface area (Å²) >= 11 is 6.20. The minimum absolute atomic E-state index is 0.0507. The SMILES string of the molecule is Cc1cc(Oc2coc3cc(OC(=O)C=Cc4ccc(C(C)C)cc4)ccc3c2=O)cc(C)c1Cl. The van der Waals surface area contributed by atoms with Gasteiger partial charge < -0.3 is 13.9 Å². The summed E-state index contributed by atoms with van der Waals surface area (Å²) in [6, 6.07) is 16.1. The lowest BCUT2D eigenvalue weighted by molar-refractivity contribution is -0.128. The fraction of sp³-hybridized carbons (Fsp3) is 0.172. The molecule has 6 heteroatoms. The molecule has 0 aliphatic heterocycles. The minimum Gasteiger partial charge on any atom is -0.460 e. The van der Waals surface area contributed by atoms with Gasteiger partial charge in [0.1, 0.15) is 23.3 Å². The Bertz CT molecular complexity index is 1460. The largest absolute Gasteiger partial charge is 0.460 e. The lowest BCUT2D eigenvalue weighted by atomic mass is 10.0. The van der Waals surface area contributed by atoms with Gasteiger partial charge in [0.25, 0.3) is 0 Å². The third kappa shape index (κ3) is 5.64. The van der Waals surface area contributed by atoms with E-state index >= 15 is 0 Å². The van der Waals surface area contributed by atoms with Gasteiger partial charge in [-0.3, -0.25) is 4.79 Å².